The maximum absolute atomic E-state index is 10.5. The van der Waals surface area contributed by atoms with Gasteiger partial charge >= 0.3 is 5.97 Å². The van der Waals surface area contributed by atoms with Gasteiger partial charge in [0.25, 0.3) is 0 Å². The third kappa shape index (κ3) is 2.79. The van der Waals surface area contributed by atoms with E-state index in [0.29, 0.717) is 11.6 Å². The Morgan fingerprint density at radius 2 is 2.38 bits per heavy atom. The number of carbonyl (C=O) groups is 1. The molecule has 5 heteroatoms. The fourth-order valence-corrected chi connectivity index (χ4v) is 1.08. The molecule has 1 aromatic rings. The summed E-state index contributed by atoms with van der Waals surface area (Å²) in [6, 6.07) is 1.50. The van der Waals surface area contributed by atoms with Crippen LogP contribution in [0.2, 0.25) is 0 Å². The van der Waals surface area contributed by atoms with E-state index in [0.717, 1.165) is 0 Å². The molecule has 0 fully saturated rings. The molecule has 0 aliphatic carbocycles. The Bertz CT molecular complexity index is 344. The van der Waals surface area contributed by atoms with Gasteiger partial charge in [-0.05, 0) is 6.07 Å². The fourth-order valence-electron chi connectivity index (χ4n) is 0.875. The molecule has 1 N–H and O–H groups in total. The molecule has 0 aliphatic heterocycles. The molecule has 0 saturated carbocycles. The molecule has 0 unspecified atom stereocenters. The van der Waals surface area contributed by atoms with Gasteiger partial charge in [-0.2, -0.15) is 0 Å². The van der Waals surface area contributed by atoms with Crippen LogP contribution < -0.4 is 0 Å². The lowest BCUT2D eigenvalue weighted by Crippen LogP contribution is -1.96. The molecule has 1 heterocycles. The predicted molar refractivity (Wildman–Crippen MR) is 51.2 cm³/mol. The van der Waals surface area contributed by atoms with Gasteiger partial charge in [0, 0.05) is 23.0 Å². The summed E-state index contributed by atoms with van der Waals surface area (Å²) < 4.78 is 1.64. The van der Waals surface area contributed by atoms with Gasteiger partial charge in [-0.3, -0.25) is 0 Å². The molecule has 1 rings (SSSR count). The number of carboxylic acids is 1. The van der Waals surface area contributed by atoms with Crippen LogP contribution in [0.4, 0.5) is 0 Å². The lowest BCUT2D eigenvalue weighted by atomic mass is 10.4. The SMILES string of the molecule is O=C(O)c1ccn(CC(Cl)=CCl)c1. The summed E-state index contributed by atoms with van der Waals surface area (Å²) in [6.45, 7) is 0.387. The van der Waals surface area contributed by atoms with Crippen LogP contribution in [-0.4, -0.2) is 15.6 Å². The number of aromatic nitrogens is 1. The van der Waals surface area contributed by atoms with Crippen molar-refractivity contribution in [2.75, 3.05) is 0 Å². The van der Waals surface area contributed by atoms with Crippen LogP contribution in [0, 0.1) is 0 Å². The Labute approximate surface area is 85.2 Å². The van der Waals surface area contributed by atoms with Crippen LogP contribution in [0.5, 0.6) is 0 Å². The topological polar surface area (TPSA) is 42.2 Å². The zero-order valence-electron chi connectivity index (χ0n) is 6.58. The van der Waals surface area contributed by atoms with Crippen LogP contribution in [0.25, 0.3) is 0 Å². The number of carboxylic acid groups (broad SMARTS) is 1. The highest BCUT2D eigenvalue weighted by Gasteiger charge is 2.04. The highest BCUT2D eigenvalue weighted by Crippen LogP contribution is 2.09. The first kappa shape index (κ1) is 10.2. The van der Waals surface area contributed by atoms with E-state index in [-0.39, 0.29) is 5.56 Å². The lowest BCUT2D eigenvalue weighted by molar-refractivity contribution is 0.0697. The predicted octanol–water partition coefficient (Wildman–Crippen LogP) is 2.51. The van der Waals surface area contributed by atoms with Crippen LogP contribution in [0.1, 0.15) is 10.4 Å². The number of allylic oxidation sites excluding steroid dienone is 1. The zero-order chi connectivity index (χ0) is 9.84. The number of nitrogens with zero attached hydrogens (tertiary/aromatic N) is 1. The van der Waals surface area contributed by atoms with Crippen molar-refractivity contribution in [2.45, 2.75) is 6.54 Å². The van der Waals surface area contributed by atoms with Gasteiger partial charge in [0.05, 0.1) is 12.1 Å². The summed E-state index contributed by atoms with van der Waals surface area (Å²) in [5.41, 5.74) is 1.49. The highest BCUT2D eigenvalue weighted by atomic mass is 35.5. The molecule has 0 atom stereocenters. The summed E-state index contributed by atoms with van der Waals surface area (Å²) in [7, 11) is 0. The molecule has 1 aromatic heterocycles. The van der Waals surface area contributed by atoms with E-state index in [2.05, 4.69) is 0 Å². The Morgan fingerprint density at radius 1 is 1.69 bits per heavy atom. The molecule has 0 radical (unpaired) electrons. The number of hydrogen-bond donors (Lipinski definition) is 1. The Hall–Kier alpha value is -0.930. The number of halogens is 2. The van der Waals surface area contributed by atoms with Crippen LogP contribution in [0.15, 0.2) is 29.0 Å². The smallest absolute Gasteiger partial charge is 0.337 e. The molecule has 3 nitrogen and oxygen atoms in total. The average molecular weight is 220 g/mol. The summed E-state index contributed by atoms with van der Waals surface area (Å²) in [6.07, 6.45) is 3.12. The van der Waals surface area contributed by atoms with Crippen LogP contribution in [-0.2, 0) is 6.54 Å². The first-order chi connectivity index (χ1) is 6.13. The molecule has 0 saturated heterocycles. The number of hydrogen-bond acceptors (Lipinski definition) is 1. The molecular weight excluding hydrogens is 213 g/mol. The van der Waals surface area contributed by atoms with Crippen molar-refractivity contribution in [3.63, 3.8) is 0 Å². The maximum Gasteiger partial charge on any atom is 0.337 e. The second-order valence-electron chi connectivity index (χ2n) is 2.43. The first-order valence-corrected chi connectivity index (χ1v) is 4.28. The Morgan fingerprint density at radius 3 is 2.85 bits per heavy atom. The first-order valence-electron chi connectivity index (χ1n) is 3.47. The van der Waals surface area contributed by atoms with Crippen molar-refractivity contribution in [2.24, 2.45) is 0 Å². The highest BCUT2D eigenvalue weighted by molar-refractivity contribution is 6.36. The molecule has 0 aromatic carbocycles. The molecule has 0 spiro atoms. The van der Waals surface area contributed by atoms with E-state index in [1.807, 2.05) is 0 Å². The second kappa shape index (κ2) is 4.35. The summed E-state index contributed by atoms with van der Waals surface area (Å²) in [4.78, 5) is 10.5. The van der Waals surface area contributed by atoms with Crippen molar-refractivity contribution in [3.8, 4) is 0 Å². The van der Waals surface area contributed by atoms with Gasteiger partial charge in [0.2, 0.25) is 0 Å². The van der Waals surface area contributed by atoms with Gasteiger partial charge < -0.3 is 9.67 Å². The monoisotopic (exact) mass is 219 g/mol. The van der Waals surface area contributed by atoms with Crippen LogP contribution in [0.3, 0.4) is 0 Å². The summed E-state index contributed by atoms with van der Waals surface area (Å²) in [5.74, 6) is -0.954. The van der Waals surface area contributed by atoms with Gasteiger partial charge in [-0.15, -0.1) is 0 Å². The number of rotatable bonds is 3. The van der Waals surface area contributed by atoms with E-state index < -0.39 is 5.97 Å². The van der Waals surface area contributed by atoms with E-state index >= 15 is 0 Å². The van der Waals surface area contributed by atoms with Crippen molar-refractivity contribution >= 4 is 29.2 Å². The normalized spacial score (nSPS) is 11.7. The van der Waals surface area contributed by atoms with Gasteiger partial charge in [-0.25, -0.2) is 4.79 Å². The molecule has 0 bridgehead atoms. The number of aromatic carboxylic acids is 1. The largest absolute Gasteiger partial charge is 0.478 e. The van der Waals surface area contributed by atoms with Crippen LogP contribution >= 0.6 is 23.2 Å². The summed E-state index contributed by atoms with van der Waals surface area (Å²) >= 11 is 11.0. The van der Waals surface area contributed by atoms with Gasteiger partial charge in [0.1, 0.15) is 0 Å². The third-order valence-corrected chi connectivity index (χ3v) is 2.05. The van der Waals surface area contributed by atoms with Gasteiger partial charge in [-0.1, -0.05) is 23.2 Å². The fraction of sp³-hybridized carbons (Fsp3) is 0.125. The average Bonchev–Trinajstić information content (AvgIpc) is 2.52. The minimum absolute atomic E-state index is 0.235. The third-order valence-electron chi connectivity index (χ3n) is 1.45. The molecule has 0 amide bonds. The minimum atomic E-state index is -0.954. The second-order valence-corrected chi connectivity index (χ2v) is 3.14. The standard InChI is InChI=1S/C8H7Cl2NO2/c9-3-7(10)5-11-2-1-6(4-11)8(12)13/h1-4H,5H2,(H,12,13). The maximum atomic E-state index is 10.5. The summed E-state index contributed by atoms with van der Waals surface area (Å²) in [5, 5.41) is 9.06. The van der Waals surface area contributed by atoms with E-state index in [1.54, 1.807) is 10.8 Å². The zero-order valence-corrected chi connectivity index (χ0v) is 8.09. The van der Waals surface area contributed by atoms with E-state index in [9.17, 15) is 4.79 Å². The van der Waals surface area contributed by atoms with Crippen molar-refractivity contribution in [1.29, 1.82) is 0 Å². The van der Waals surface area contributed by atoms with Crippen molar-refractivity contribution in [3.05, 3.63) is 34.6 Å². The van der Waals surface area contributed by atoms with Crippen molar-refractivity contribution in [1.82, 2.24) is 4.57 Å². The van der Waals surface area contributed by atoms with E-state index in [1.165, 1.54) is 17.8 Å². The van der Waals surface area contributed by atoms with E-state index in [4.69, 9.17) is 28.3 Å². The van der Waals surface area contributed by atoms with Crippen molar-refractivity contribution < 1.29 is 9.90 Å². The molecular formula is C8H7Cl2NO2. The molecule has 13 heavy (non-hydrogen) atoms. The Balaban J connectivity index is 2.75. The Kier molecular flexibility index (Phi) is 3.39. The molecule has 0 aliphatic rings. The molecule has 70 valence electrons. The minimum Gasteiger partial charge on any atom is -0.478 e. The lowest BCUT2D eigenvalue weighted by Gasteiger charge is -1.98. The quantitative estimate of drug-likeness (QED) is 0.850. The van der Waals surface area contributed by atoms with Gasteiger partial charge in [0.15, 0.2) is 0 Å².